The number of methoxy groups -OCH3 is 3. The minimum absolute atomic E-state index is 0.324. The molecule has 0 atom stereocenters. The highest BCUT2D eigenvalue weighted by Crippen LogP contribution is 2.36. The monoisotopic (exact) mass is 358 g/mol. The fourth-order valence-corrected chi connectivity index (χ4v) is 2.06. The molecule has 0 fully saturated rings. The van der Waals surface area contributed by atoms with Gasteiger partial charge in [0.1, 0.15) is 16.9 Å². The van der Waals surface area contributed by atoms with Gasteiger partial charge < -0.3 is 24.8 Å². The summed E-state index contributed by atoms with van der Waals surface area (Å²) in [7, 11) is 4.45. The quantitative estimate of drug-likeness (QED) is 0.549. The van der Waals surface area contributed by atoms with Crippen molar-refractivity contribution in [2.24, 2.45) is 5.41 Å². The predicted molar refractivity (Wildman–Crippen MR) is 91.9 cm³/mol. The third kappa shape index (κ3) is 4.75. The van der Waals surface area contributed by atoms with E-state index >= 15 is 0 Å². The number of anilines is 1. The molecule has 7 nitrogen and oxygen atoms in total. The van der Waals surface area contributed by atoms with Crippen molar-refractivity contribution in [2.45, 2.75) is 13.8 Å². The Labute approximate surface area is 146 Å². The molecule has 2 amide bonds. The molecule has 0 saturated carbocycles. The lowest BCUT2D eigenvalue weighted by Crippen LogP contribution is -2.46. The first-order chi connectivity index (χ1) is 11.3. The summed E-state index contributed by atoms with van der Waals surface area (Å²) in [5.41, 5.74) is -0.924. The minimum Gasteiger partial charge on any atom is -0.495 e. The van der Waals surface area contributed by atoms with E-state index in [1.54, 1.807) is 0 Å². The summed E-state index contributed by atoms with van der Waals surface area (Å²) < 4.78 is 15.2. The topological polar surface area (TPSA) is 85.9 Å². The van der Waals surface area contributed by atoms with Crippen molar-refractivity contribution in [3.63, 3.8) is 0 Å². The molecule has 0 aliphatic heterocycles. The molecule has 134 valence electrons. The van der Waals surface area contributed by atoms with E-state index in [1.165, 1.54) is 47.3 Å². The Morgan fingerprint density at radius 1 is 1.08 bits per heavy atom. The summed E-state index contributed by atoms with van der Waals surface area (Å²) >= 11 is 6.03. The summed E-state index contributed by atoms with van der Waals surface area (Å²) in [6.45, 7) is 3.75. The zero-order valence-corrected chi connectivity index (χ0v) is 15.2. The number of hydrogen-bond donors (Lipinski definition) is 2. The second-order valence-corrected chi connectivity index (χ2v) is 5.92. The fraction of sp³-hybridized carbons (Fsp3) is 0.500. The molecule has 0 unspecified atom stereocenters. The first-order valence-corrected chi connectivity index (χ1v) is 7.66. The van der Waals surface area contributed by atoms with Gasteiger partial charge >= 0.3 is 0 Å². The molecule has 0 spiro atoms. The van der Waals surface area contributed by atoms with Crippen LogP contribution in [0.15, 0.2) is 12.1 Å². The van der Waals surface area contributed by atoms with Crippen molar-refractivity contribution in [3.05, 3.63) is 17.2 Å². The van der Waals surface area contributed by atoms with Gasteiger partial charge in [-0.05, 0) is 13.8 Å². The molecule has 1 aromatic rings. The van der Waals surface area contributed by atoms with Crippen LogP contribution in [0, 0.1) is 5.41 Å². The van der Waals surface area contributed by atoms with E-state index < -0.39 is 17.2 Å². The van der Waals surface area contributed by atoms with Crippen LogP contribution >= 0.6 is 11.6 Å². The molecule has 24 heavy (non-hydrogen) atoms. The third-order valence-corrected chi connectivity index (χ3v) is 3.74. The predicted octanol–water partition coefficient (Wildman–Crippen LogP) is 2.08. The van der Waals surface area contributed by atoms with Crippen molar-refractivity contribution in [1.29, 1.82) is 0 Å². The first kappa shape index (κ1) is 20.1. The standard InChI is InChI=1S/C16H23ClN2O5/c1-16(2,14(20)18-6-7-22-3)15(21)19-11-9-12(23-4)10(17)8-13(11)24-5/h8-9H,6-7H2,1-5H3,(H,18,20)(H,19,21). The van der Waals surface area contributed by atoms with Crippen molar-refractivity contribution in [3.8, 4) is 11.5 Å². The number of benzene rings is 1. The Kier molecular flexibility index (Phi) is 7.31. The van der Waals surface area contributed by atoms with Gasteiger partial charge in [0.15, 0.2) is 0 Å². The van der Waals surface area contributed by atoms with Gasteiger partial charge in [-0.25, -0.2) is 0 Å². The van der Waals surface area contributed by atoms with E-state index in [1.807, 2.05) is 0 Å². The molecule has 0 aliphatic rings. The molecule has 0 aliphatic carbocycles. The van der Waals surface area contributed by atoms with Crippen LogP contribution in [0.25, 0.3) is 0 Å². The molecule has 0 bridgehead atoms. The lowest BCUT2D eigenvalue weighted by atomic mass is 9.91. The Hall–Kier alpha value is -1.99. The van der Waals surface area contributed by atoms with Gasteiger partial charge in [0, 0.05) is 25.8 Å². The van der Waals surface area contributed by atoms with Crippen molar-refractivity contribution >= 4 is 29.1 Å². The average Bonchev–Trinajstić information content (AvgIpc) is 2.55. The van der Waals surface area contributed by atoms with Crippen molar-refractivity contribution in [2.75, 3.05) is 39.8 Å². The van der Waals surface area contributed by atoms with Gasteiger partial charge in [0.05, 0.1) is 31.5 Å². The van der Waals surface area contributed by atoms with Crippen LogP contribution in [-0.4, -0.2) is 46.3 Å². The highest BCUT2D eigenvalue weighted by atomic mass is 35.5. The second-order valence-electron chi connectivity index (χ2n) is 5.51. The highest BCUT2D eigenvalue weighted by molar-refractivity contribution is 6.32. The normalized spacial score (nSPS) is 10.9. The number of carbonyl (C=O) groups is 2. The largest absolute Gasteiger partial charge is 0.495 e. The summed E-state index contributed by atoms with van der Waals surface area (Å²) in [5, 5.41) is 5.68. The van der Waals surface area contributed by atoms with Crippen molar-refractivity contribution < 1.29 is 23.8 Å². The van der Waals surface area contributed by atoms with Gasteiger partial charge in [-0.3, -0.25) is 9.59 Å². The smallest absolute Gasteiger partial charge is 0.239 e. The number of halogens is 1. The Morgan fingerprint density at radius 2 is 1.71 bits per heavy atom. The molecule has 1 aromatic carbocycles. The van der Waals surface area contributed by atoms with Crippen LogP contribution in [0.2, 0.25) is 5.02 Å². The summed E-state index contributed by atoms with van der Waals surface area (Å²) in [5.74, 6) is -0.142. The van der Waals surface area contributed by atoms with Gasteiger partial charge in [-0.15, -0.1) is 0 Å². The molecular formula is C16H23ClN2O5. The number of nitrogens with one attached hydrogen (secondary N) is 2. The van der Waals surface area contributed by atoms with E-state index in [2.05, 4.69) is 10.6 Å². The number of hydrogen-bond acceptors (Lipinski definition) is 5. The molecule has 8 heteroatoms. The minimum atomic E-state index is -1.29. The maximum atomic E-state index is 12.5. The highest BCUT2D eigenvalue weighted by Gasteiger charge is 2.36. The number of ether oxygens (including phenoxy) is 3. The van der Waals surface area contributed by atoms with Crippen LogP contribution in [0.3, 0.4) is 0 Å². The van der Waals surface area contributed by atoms with Gasteiger partial charge in [0.2, 0.25) is 11.8 Å². The lowest BCUT2D eigenvalue weighted by molar-refractivity contribution is -0.138. The van der Waals surface area contributed by atoms with Crippen LogP contribution in [0.4, 0.5) is 5.69 Å². The van der Waals surface area contributed by atoms with Crippen LogP contribution < -0.4 is 20.1 Å². The van der Waals surface area contributed by atoms with Gasteiger partial charge in [0.25, 0.3) is 0 Å². The maximum Gasteiger partial charge on any atom is 0.239 e. The van der Waals surface area contributed by atoms with Gasteiger partial charge in [-0.2, -0.15) is 0 Å². The molecule has 0 saturated heterocycles. The average molecular weight is 359 g/mol. The van der Waals surface area contributed by atoms with Crippen molar-refractivity contribution in [1.82, 2.24) is 5.32 Å². The zero-order chi connectivity index (χ0) is 18.3. The van der Waals surface area contributed by atoms with Crippen LogP contribution in [-0.2, 0) is 14.3 Å². The van der Waals surface area contributed by atoms with E-state index in [0.29, 0.717) is 35.4 Å². The molecule has 2 N–H and O–H groups in total. The fourth-order valence-electron chi connectivity index (χ4n) is 1.83. The molecular weight excluding hydrogens is 336 g/mol. The number of amides is 2. The Bertz CT molecular complexity index is 604. The van der Waals surface area contributed by atoms with E-state index in [-0.39, 0.29) is 0 Å². The van der Waals surface area contributed by atoms with E-state index in [9.17, 15) is 9.59 Å². The first-order valence-electron chi connectivity index (χ1n) is 7.28. The summed E-state index contributed by atoms with van der Waals surface area (Å²) in [6, 6.07) is 3.07. The summed E-state index contributed by atoms with van der Waals surface area (Å²) in [6.07, 6.45) is 0. The third-order valence-electron chi connectivity index (χ3n) is 3.45. The number of carbonyl (C=O) groups excluding carboxylic acids is 2. The lowest BCUT2D eigenvalue weighted by Gasteiger charge is -2.23. The SMILES string of the molecule is COCCNC(=O)C(C)(C)C(=O)Nc1cc(OC)c(Cl)cc1OC. The molecule has 1 rings (SSSR count). The molecule has 0 radical (unpaired) electrons. The van der Waals surface area contributed by atoms with E-state index in [4.69, 9.17) is 25.8 Å². The number of rotatable bonds is 8. The Balaban J connectivity index is 2.95. The maximum absolute atomic E-state index is 12.5. The van der Waals surface area contributed by atoms with Crippen LogP contribution in [0.5, 0.6) is 11.5 Å². The zero-order valence-electron chi connectivity index (χ0n) is 14.5. The molecule has 0 heterocycles. The summed E-state index contributed by atoms with van der Waals surface area (Å²) in [4.78, 5) is 24.7. The van der Waals surface area contributed by atoms with Crippen LogP contribution in [0.1, 0.15) is 13.8 Å². The molecule has 0 aromatic heterocycles. The van der Waals surface area contributed by atoms with Gasteiger partial charge in [-0.1, -0.05) is 11.6 Å². The Morgan fingerprint density at radius 3 is 2.25 bits per heavy atom. The second kappa shape index (κ2) is 8.75. The van der Waals surface area contributed by atoms with E-state index in [0.717, 1.165) is 0 Å².